The van der Waals surface area contributed by atoms with Gasteiger partial charge in [0.15, 0.2) is 0 Å². The molecule has 0 saturated heterocycles. The predicted octanol–water partition coefficient (Wildman–Crippen LogP) is 2.86. The molecule has 0 aliphatic heterocycles. The van der Waals surface area contributed by atoms with Gasteiger partial charge in [-0.3, -0.25) is 0 Å². The monoisotopic (exact) mass is 249 g/mol. The number of rotatable bonds is 1. The van der Waals surface area contributed by atoms with Crippen LogP contribution >= 0.6 is 11.3 Å². The Hall–Kier alpha value is -0.760. The summed E-state index contributed by atoms with van der Waals surface area (Å²) in [6.07, 6.45) is -11.6. The standard InChI is InChI=1S/C7H3F6OS/c8-6(9,10)5(14,7(11,12)13)4-1-2-15-3-4/h1,3,14H. The van der Waals surface area contributed by atoms with Crippen molar-refractivity contribution < 1.29 is 31.4 Å². The molecule has 0 fully saturated rings. The van der Waals surface area contributed by atoms with Crippen LogP contribution in [-0.2, 0) is 5.60 Å². The zero-order chi connectivity index (χ0) is 11.9. The number of hydrogen-bond acceptors (Lipinski definition) is 2. The Morgan fingerprint density at radius 2 is 1.53 bits per heavy atom. The molecule has 0 aliphatic rings. The first kappa shape index (κ1) is 12.3. The molecule has 0 atom stereocenters. The van der Waals surface area contributed by atoms with Gasteiger partial charge in [-0.1, -0.05) is 0 Å². The van der Waals surface area contributed by atoms with Crippen molar-refractivity contribution in [2.45, 2.75) is 18.0 Å². The van der Waals surface area contributed by atoms with Crippen LogP contribution in [0.25, 0.3) is 0 Å². The number of alkyl halides is 6. The van der Waals surface area contributed by atoms with Gasteiger partial charge in [-0.2, -0.15) is 26.3 Å². The van der Waals surface area contributed by atoms with Crippen LogP contribution < -0.4 is 0 Å². The molecule has 1 nitrogen and oxygen atoms in total. The van der Waals surface area contributed by atoms with E-state index in [1.807, 2.05) is 0 Å². The van der Waals surface area contributed by atoms with Crippen molar-refractivity contribution in [2.75, 3.05) is 0 Å². The summed E-state index contributed by atoms with van der Waals surface area (Å²) < 4.78 is 73.1. The highest BCUT2D eigenvalue weighted by Gasteiger charge is 2.71. The maximum absolute atomic E-state index is 12.2. The molecule has 0 unspecified atom stereocenters. The SMILES string of the molecule is OC(c1c[c]sc1)(C(F)(F)F)C(F)(F)F. The smallest absolute Gasteiger partial charge is 0.369 e. The third kappa shape index (κ3) is 1.83. The van der Waals surface area contributed by atoms with E-state index in [9.17, 15) is 26.3 Å². The lowest BCUT2D eigenvalue weighted by molar-refractivity contribution is -0.376. The van der Waals surface area contributed by atoms with E-state index in [1.54, 1.807) is 0 Å². The molecule has 85 valence electrons. The highest BCUT2D eigenvalue weighted by molar-refractivity contribution is 7.07. The number of hydrogen-bond donors (Lipinski definition) is 1. The largest absolute Gasteiger partial charge is 0.430 e. The minimum atomic E-state index is -5.82. The lowest BCUT2D eigenvalue weighted by atomic mass is 9.95. The molecule has 1 aromatic heterocycles. The zero-order valence-electron chi connectivity index (χ0n) is 6.78. The van der Waals surface area contributed by atoms with E-state index in [2.05, 4.69) is 5.38 Å². The number of halogens is 6. The second-order valence-corrected chi connectivity index (χ2v) is 3.37. The summed E-state index contributed by atoms with van der Waals surface area (Å²) in [5.41, 5.74) is -6.09. The van der Waals surface area contributed by atoms with Gasteiger partial charge in [-0.15, -0.1) is 11.3 Å². The Kier molecular flexibility index (Phi) is 2.77. The first-order valence-electron chi connectivity index (χ1n) is 3.41. The molecule has 0 aromatic carbocycles. The third-order valence-corrected chi connectivity index (χ3v) is 2.33. The van der Waals surface area contributed by atoms with E-state index in [0.717, 1.165) is 0 Å². The Balaban J connectivity index is 3.33. The van der Waals surface area contributed by atoms with Crippen molar-refractivity contribution >= 4 is 11.3 Å². The van der Waals surface area contributed by atoms with Crippen LogP contribution in [0.5, 0.6) is 0 Å². The summed E-state index contributed by atoms with van der Waals surface area (Å²) in [5.74, 6) is 0. The van der Waals surface area contributed by atoms with E-state index in [1.165, 1.54) is 0 Å². The van der Waals surface area contributed by atoms with Gasteiger partial charge in [0.25, 0.3) is 5.60 Å². The van der Waals surface area contributed by atoms with Crippen LogP contribution in [0.1, 0.15) is 5.56 Å². The van der Waals surface area contributed by atoms with Crippen LogP contribution in [0.15, 0.2) is 11.4 Å². The normalized spacial score (nSPS) is 14.3. The molecule has 0 spiro atoms. The molecule has 0 bridgehead atoms. The van der Waals surface area contributed by atoms with Gasteiger partial charge < -0.3 is 5.11 Å². The first-order chi connectivity index (χ1) is 6.61. The van der Waals surface area contributed by atoms with Crippen molar-refractivity contribution in [3.63, 3.8) is 0 Å². The molecule has 1 N–H and O–H groups in total. The maximum Gasteiger partial charge on any atom is 0.430 e. The van der Waals surface area contributed by atoms with Crippen molar-refractivity contribution in [3.8, 4) is 0 Å². The molecule has 0 saturated carbocycles. The predicted molar refractivity (Wildman–Crippen MR) is 39.2 cm³/mol. The van der Waals surface area contributed by atoms with Crippen molar-refractivity contribution in [3.05, 3.63) is 22.4 Å². The fraction of sp³-hybridized carbons (Fsp3) is 0.429. The molecule has 1 aromatic rings. The summed E-state index contributed by atoms with van der Waals surface area (Å²) in [4.78, 5) is 0. The first-order valence-corrected chi connectivity index (χ1v) is 4.29. The van der Waals surface area contributed by atoms with Crippen LogP contribution in [0.2, 0.25) is 0 Å². The highest BCUT2D eigenvalue weighted by Crippen LogP contribution is 2.50. The molecule has 1 radical (unpaired) electrons. The molecule has 8 heteroatoms. The van der Waals surface area contributed by atoms with E-state index in [-0.39, 0.29) is 0 Å². The van der Waals surface area contributed by atoms with Gasteiger partial charge in [-0.05, 0) is 11.4 Å². The summed E-state index contributed by atoms with van der Waals surface area (Å²) in [6.45, 7) is 0. The fourth-order valence-electron chi connectivity index (χ4n) is 0.907. The van der Waals surface area contributed by atoms with Gasteiger partial charge in [0.1, 0.15) is 0 Å². The zero-order valence-corrected chi connectivity index (χ0v) is 7.59. The Morgan fingerprint density at radius 3 is 1.80 bits per heavy atom. The maximum atomic E-state index is 12.2. The minimum Gasteiger partial charge on any atom is -0.369 e. The molecule has 0 amide bonds. The van der Waals surface area contributed by atoms with Gasteiger partial charge >= 0.3 is 12.4 Å². The lowest BCUT2D eigenvalue weighted by Crippen LogP contribution is -2.53. The third-order valence-electron chi connectivity index (χ3n) is 1.71. The van der Waals surface area contributed by atoms with Crippen LogP contribution in [0, 0.1) is 5.38 Å². The van der Waals surface area contributed by atoms with Gasteiger partial charge in [0.05, 0.1) is 0 Å². The van der Waals surface area contributed by atoms with Gasteiger partial charge in [-0.25, -0.2) is 0 Å². The van der Waals surface area contributed by atoms with Crippen LogP contribution in [-0.4, -0.2) is 17.5 Å². The molecular formula is C7H3F6OS. The van der Waals surface area contributed by atoms with Gasteiger partial charge in [0.2, 0.25) is 0 Å². The average Bonchev–Trinajstić information content (AvgIpc) is 2.49. The Bertz CT molecular complexity index is 310. The molecule has 1 rings (SSSR count). The van der Waals surface area contributed by atoms with Crippen LogP contribution in [0.4, 0.5) is 26.3 Å². The van der Waals surface area contributed by atoms with E-state index in [0.29, 0.717) is 22.8 Å². The topological polar surface area (TPSA) is 20.2 Å². The summed E-state index contributed by atoms with van der Waals surface area (Å²) in [5, 5.41) is 11.4. The summed E-state index contributed by atoms with van der Waals surface area (Å²) in [6, 6.07) is 0.464. The lowest BCUT2D eigenvalue weighted by Gasteiger charge is -2.31. The van der Waals surface area contributed by atoms with Crippen molar-refractivity contribution in [1.29, 1.82) is 0 Å². The summed E-state index contributed by atoms with van der Waals surface area (Å²) in [7, 11) is 0. The Morgan fingerprint density at radius 1 is 1.07 bits per heavy atom. The molecular weight excluding hydrogens is 246 g/mol. The highest BCUT2D eigenvalue weighted by atomic mass is 32.1. The van der Waals surface area contributed by atoms with Crippen molar-refractivity contribution in [1.82, 2.24) is 0 Å². The Labute approximate surface area is 84.0 Å². The number of thiophene rings is 1. The van der Waals surface area contributed by atoms with Crippen LogP contribution in [0.3, 0.4) is 0 Å². The van der Waals surface area contributed by atoms with E-state index in [4.69, 9.17) is 5.11 Å². The summed E-state index contributed by atoms with van der Waals surface area (Å²) >= 11 is 0.514. The number of aliphatic hydroxyl groups is 1. The van der Waals surface area contributed by atoms with E-state index >= 15 is 0 Å². The van der Waals surface area contributed by atoms with Gasteiger partial charge in [0, 0.05) is 10.9 Å². The second-order valence-electron chi connectivity index (χ2n) is 2.66. The van der Waals surface area contributed by atoms with E-state index < -0.39 is 23.5 Å². The molecule has 1 heterocycles. The van der Waals surface area contributed by atoms with Crippen molar-refractivity contribution in [2.24, 2.45) is 0 Å². The quantitative estimate of drug-likeness (QED) is 0.759. The molecule has 15 heavy (non-hydrogen) atoms. The minimum absolute atomic E-state index is 0.464. The average molecular weight is 249 g/mol. The molecule has 0 aliphatic carbocycles. The second kappa shape index (κ2) is 3.38. The fourth-order valence-corrected chi connectivity index (χ4v) is 1.54.